The van der Waals surface area contributed by atoms with E-state index in [1.807, 2.05) is 61.2 Å². The molecule has 0 radical (unpaired) electrons. The first-order valence-corrected chi connectivity index (χ1v) is 13.9. The summed E-state index contributed by atoms with van der Waals surface area (Å²) in [6, 6.07) is 22.9. The third-order valence-corrected chi connectivity index (χ3v) is 8.60. The molecule has 7 heteroatoms. The van der Waals surface area contributed by atoms with E-state index in [0.29, 0.717) is 11.5 Å². The Kier molecular flexibility index (Phi) is 6.62. The van der Waals surface area contributed by atoms with Crippen LogP contribution in [0.15, 0.2) is 84.6 Å². The Morgan fingerprint density at radius 3 is 2.48 bits per heavy atom. The highest BCUT2D eigenvalue weighted by molar-refractivity contribution is 6.06. The standard InChI is InChI=1S/C33H35N3O4/c1-20(24-18-25-26(19-28(24)39-4)35-31(37)33(25,2)3)34-29-23-16-11-17-27(23)36(30(29)21-12-7-5-8-13-21)32(38)40-22-14-9-6-10-15-22/h5-10,12-15,17-20,23,29-30,34H,11,16H2,1-4H3,(H,35,37). The lowest BCUT2D eigenvalue weighted by Crippen LogP contribution is -2.42. The smallest absolute Gasteiger partial charge is 0.420 e. The number of likely N-dealkylation sites (tertiary alicyclic amines) is 1. The lowest BCUT2D eigenvalue weighted by molar-refractivity contribution is -0.119. The average molecular weight is 538 g/mol. The second-order valence-corrected chi connectivity index (χ2v) is 11.4. The fraction of sp³-hybridized carbons (Fsp3) is 0.333. The number of methoxy groups -OCH3 is 1. The molecule has 1 aliphatic carbocycles. The van der Waals surface area contributed by atoms with Crippen molar-refractivity contribution < 1.29 is 19.1 Å². The van der Waals surface area contributed by atoms with Gasteiger partial charge in [0.05, 0.1) is 18.6 Å². The molecule has 7 nitrogen and oxygen atoms in total. The van der Waals surface area contributed by atoms with Crippen molar-refractivity contribution in [1.29, 1.82) is 0 Å². The van der Waals surface area contributed by atoms with Crippen molar-refractivity contribution >= 4 is 17.7 Å². The van der Waals surface area contributed by atoms with Crippen molar-refractivity contribution in [1.82, 2.24) is 10.2 Å². The highest BCUT2D eigenvalue weighted by Gasteiger charge is 2.51. The van der Waals surface area contributed by atoms with E-state index in [-0.39, 0.29) is 36.0 Å². The number of fused-ring (bicyclic) bond motifs is 2. The van der Waals surface area contributed by atoms with E-state index in [9.17, 15) is 9.59 Å². The molecular formula is C33H35N3O4. The number of carbonyl (C=O) groups is 2. The summed E-state index contributed by atoms with van der Waals surface area (Å²) in [4.78, 5) is 28.2. The molecule has 2 aliphatic heterocycles. The van der Waals surface area contributed by atoms with E-state index >= 15 is 0 Å². The fourth-order valence-corrected chi connectivity index (χ4v) is 6.47. The van der Waals surface area contributed by atoms with Crippen LogP contribution in [0.2, 0.25) is 0 Å². The molecule has 40 heavy (non-hydrogen) atoms. The first-order valence-electron chi connectivity index (χ1n) is 13.9. The van der Waals surface area contributed by atoms with E-state index in [4.69, 9.17) is 9.47 Å². The van der Waals surface area contributed by atoms with Crippen LogP contribution in [-0.2, 0) is 10.2 Å². The Morgan fingerprint density at radius 1 is 1.07 bits per heavy atom. The number of carbonyl (C=O) groups excluding carboxylic acids is 2. The Bertz CT molecular complexity index is 1470. The zero-order valence-corrected chi connectivity index (χ0v) is 23.3. The number of amides is 2. The first kappa shape index (κ1) is 26.1. The second-order valence-electron chi connectivity index (χ2n) is 11.4. The predicted molar refractivity (Wildman–Crippen MR) is 154 cm³/mol. The maximum Gasteiger partial charge on any atom is 0.420 e. The van der Waals surface area contributed by atoms with Gasteiger partial charge in [-0.2, -0.15) is 0 Å². The number of para-hydroxylation sites is 1. The molecule has 3 aromatic rings. The number of hydrogen-bond acceptors (Lipinski definition) is 5. The van der Waals surface area contributed by atoms with Gasteiger partial charge in [-0.3, -0.25) is 9.69 Å². The largest absolute Gasteiger partial charge is 0.496 e. The molecule has 3 aromatic carbocycles. The van der Waals surface area contributed by atoms with Crippen LogP contribution in [0.4, 0.5) is 10.5 Å². The zero-order chi connectivity index (χ0) is 28.0. The molecule has 206 valence electrons. The lowest BCUT2D eigenvalue weighted by Gasteiger charge is -2.32. The summed E-state index contributed by atoms with van der Waals surface area (Å²) >= 11 is 0. The molecule has 0 aromatic heterocycles. The normalized spacial score (nSPS) is 23.2. The average Bonchev–Trinajstić information content (AvgIpc) is 3.61. The number of nitrogens with zero attached hydrogens (tertiary/aromatic N) is 1. The number of benzene rings is 3. The van der Waals surface area contributed by atoms with Gasteiger partial charge >= 0.3 is 6.09 Å². The maximum absolute atomic E-state index is 13.7. The number of hydrogen-bond donors (Lipinski definition) is 2. The molecular weight excluding hydrogens is 502 g/mol. The van der Waals surface area contributed by atoms with Crippen LogP contribution in [0.25, 0.3) is 0 Å². The van der Waals surface area contributed by atoms with Crippen LogP contribution in [0.3, 0.4) is 0 Å². The topological polar surface area (TPSA) is 79.9 Å². The van der Waals surface area contributed by atoms with Crippen LogP contribution in [-0.4, -0.2) is 30.1 Å². The van der Waals surface area contributed by atoms with Crippen molar-refractivity contribution in [2.45, 2.75) is 57.2 Å². The molecule has 2 N–H and O–H groups in total. The molecule has 2 heterocycles. The molecule has 2 amide bonds. The molecule has 0 bridgehead atoms. The summed E-state index contributed by atoms with van der Waals surface area (Å²) in [5.41, 5.74) is 4.16. The van der Waals surface area contributed by atoms with Crippen LogP contribution < -0.4 is 20.1 Å². The third kappa shape index (κ3) is 4.34. The number of rotatable bonds is 6. The second kappa shape index (κ2) is 10.1. The summed E-state index contributed by atoms with van der Waals surface area (Å²) in [6.07, 6.45) is 3.66. The summed E-state index contributed by atoms with van der Waals surface area (Å²) in [5, 5.41) is 6.89. The van der Waals surface area contributed by atoms with Gasteiger partial charge < -0.3 is 20.1 Å². The van der Waals surface area contributed by atoms with Crippen molar-refractivity contribution in [2.75, 3.05) is 12.4 Å². The lowest BCUT2D eigenvalue weighted by atomic mass is 9.84. The molecule has 1 saturated heterocycles. The molecule has 0 saturated carbocycles. The Labute approximate surface area is 235 Å². The molecule has 0 spiro atoms. The molecule has 3 aliphatic rings. The number of ether oxygens (including phenoxy) is 2. The van der Waals surface area contributed by atoms with E-state index in [2.05, 4.69) is 41.8 Å². The Morgan fingerprint density at radius 2 is 1.77 bits per heavy atom. The van der Waals surface area contributed by atoms with Crippen LogP contribution in [0.1, 0.15) is 62.4 Å². The van der Waals surface area contributed by atoms with Gasteiger partial charge in [0.1, 0.15) is 11.5 Å². The highest BCUT2D eigenvalue weighted by Crippen LogP contribution is 2.49. The van der Waals surface area contributed by atoms with E-state index in [1.165, 1.54) is 0 Å². The summed E-state index contributed by atoms with van der Waals surface area (Å²) in [7, 11) is 1.65. The predicted octanol–water partition coefficient (Wildman–Crippen LogP) is 6.49. The first-order chi connectivity index (χ1) is 19.3. The Balaban J connectivity index is 1.37. The van der Waals surface area contributed by atoms with Crippen LogP contribution in [0.5, 0.6) is 11.5 Å². The Hall–Kier alpha value is -4.10. The minimum atomic E-state index is -0.630. The number of anilines is 1. The van der Waals surface area contributed by atoms with Gasteiger partial charge in [-0.05, 0) is 62.9 Å². The maximum atomic E-state index is 13.7. The van der Waals surface area contributed by atoms with Crippen molar-refractivity contribution in [3.8, 4) is 11.5 Å². The van der Waals surface area contributed by atoms with Crippen molar-refractivity contribution in [3.63, 3.8) is 0 Å². The number of nitrogens with one attached hydrogen (secondary N) is 2. The van der Waals surface area contributed by atoms with Crippen LogP contribution >= 0.6 is 0 Å². The van der Waals surface area contributed by atoms with Gasteiger partial charge in [-0.1, -0.05) is 54.6 Å². The van der Waals surface area contributed by atoms with Gasteiger partial charge in [-0.15, -0.1) is 0 Å². The molecule has 4 unspecified atom stereocenters. The van der Waals surface area contributed by atoms with Gasteiger partial charge in [0.2, 0.25) is 5.91 Å². The minimum Gasteiger partial charge on any atom is -0.496 e. The zero-order valence-electron chi connectivity index (χ0n) is 23.3. The number of allylic oxidation sites excluding steroid dienone is 1. The summed E-state index contributed by atoms with van der Waals surface area (Å²) in [6.45, 7) is 6.00. The highest BCUT2D eigenvalue weighted by atomic mass is 16.6. The summed E-state index contributed by atoms with van der Waals surface area (Å²) in [5.74, 6) is 1.37. The van der Waals surface area contributed by atoms with Gasteiger partial charge in [0.15, 0.2) is 0 Å². The quantitative estimate of drug-likeness (QED) is 0.376. The van der Waals surface area contributed by atoms with E-state index in [1.54, 1.807) is 19.2 Å². The molecule has 4 atom stereocenters. The monoisotopic (exact) mass is 537 g/mol. The van der Waals surface area contributed by atoms with Gasteiger partial charge in [0.25, 0.3) is 0 Å². The van der Waals surface area contributed by atoms with Gasteiger partial charge in [0, 0.05) is 41.0 Å². The summed E-state index contributed by atoms with van der Waals surface area (Å²) < 4.78 is 11.7. The van der Waals surface area contributed by atoms with Crippen molar-refractivity contribution in [2.24, 2.45) is 5.92 Å². The van der Waals surface area contributed by atoms with Gasteiger partial charge in [-0.25, -0.2) is 4.79 Å². The van der Waals surface area contributed by atoms with Crippen LogP contribution in [0, 0.1) is 5.92 Å². The minimum absolute atomic E-state index is 0.0180. The SMILES string of the molecule is COc1cc2c(cc1C(C)NC1C3CCC=C3N(C(=O)Oc3ccccc3)C1c1ccccc1)C(C)(C)C(=O)N2. The van der Waals surface area contributed by atoms with Crippen molar-refractivity contribution in [3.05, 3.63) is 101 Å². The fourth-order valence-electron chi connectivity index (χ4n) is 6.47. The molecule has 1 fully saturated rings. The van der Waals surface area contributed by atoms with E-state index in [0.717, 1.165) is 40.9 Å². The van der Waals surface area contributed by atoms with E-state index < -0.39 is 5.41 Å². The molecule has 6 rings (SSSR count). The third-order valence-electron chi connectivity index (χ3n) is 8.60.